The highest BCUT2D eigenvalue weighted by Gasteiger charge is 2.49. The second-order valence-electron chi connectivity index (χ2n) is 6.55. The van der Waals surface area contributed by atoms with Crippen LogP contribution >= 0.6 is 0 Å². The monoisotopic (exact) mass is 255 g/mol. The average Bonchev–Trinajstić information content (AvgIpc) is 2.38. The van der Waals surface area contributed by atoms with Gasteiger partial charge in [0.1, 0.15) is 0 Å². The zero-order valence-corrected chi connectivity index (χ0v) is 12.1. The molecule has 18 heavy (non-hydrogen) atoms. The third-order valence-electron chi connectivity index (χ3n) is 5.10. The summed E-state index contributed by atoms with van der Waals surface area (Å²) in [5, 5.41) is 13.3. The van der Waals surface area contributed by atoms with Crippen LogP contribution in [0.3, 0.4) is 0 Å². The Morgan fingerprint density at radius 3 is 2.61 bits per heavy atom. The molecule has 0 amide bonds. The van der Waals surface area contributed by atoms with Crippen molar-refractivity contribution in [3.63, 3.8) is 0 Å². The van der Waals surface area contributed by atoms with Crippen LogP contribution in [0.1, 0.15) is 52.9 Å². The van der Waals surface area contributed by atoms with Crippen LogP contribution in [-0.4, -0.2) is 36.5 Å². The minimum absolute atomic E-state index is 0.230. The van der Waals surface area contributed by atoms with E-state index < -0.39 is 0 Å². The van der Waals surface area contributed by atoms with Crippen LogP contribution in [0.25, 0.3) is 0 Å². The van der Waals surface area contributed by atoms with Gasteiger partial charge in [-0.15, -0.1) is 0 Å². The Kier molecular flexibility index (Phi) is 4.68. The van der Waals surface area contributed by atoms with Crippen molar-refractivity contribution in [3.05, 3.63) is 0 Å². The molecule has 2 aliphatic rings. The van der Waals surface area contributed by atoms with E-state index in [1.165, 1.54) is 25.7 Å². The Labute approximate surface area is 111 Å². The summed E-state index contributed by atoms with van der Waals surface area (Å²) in [7, 11) is 0. The summed E-state index contributed by atoms with van der Waals surface area (Å²) in [6.45, 7) is 7.81. The number of hydrogen-bond donors (Lipinski definition) is 2. The maximum Gasteiger partial charge on any atom is 0.0655 e. The number of aliphatic hydroxyl groups excluding tert-OH is 1. The van der Waals surface area contributed by atoms with E-state index in [9.17, 15) is 5.11 Å². The molecular formula is C15H29NO2. The van der Waals surface area contributed by atoms with Crippen molar-refractivity contribution >= 4 is 0 Å². The Morgan fingerprint density at radius 2 is 2.00 bits per heavy atom. The lowest BCUT2D eigenvalue weighted by Crippen LogP contribution is -2.64. The quantitative estimate of drug-likeness (QED) is 0.792. The highest BCUT2D eigenvalue weighted by molar-refractivity contribution is 5.04. The molecule has 2 aliphatic carbocycles. The van der Waals surface area contributed by atoms with Gasteiger partial charge in [-0.25, -0.2) is 0 Å². The molecule has 0 heterocycles. The predicted molar refractivity (Wildman–Crippen MR) is 73.6 cm³/mol. The Morgan fingerprint density at radius 1 is 1.28 bits per heavy atom. The van der Waals surface area contributed by atoms with Crippen LogP contribution in [0.15, 0.2) is 0 Å². The molecule has 0 bridgehead atoms. The third kappa shape index (κ3) is 2.73. The first kappa shape index (κ1) is 14.3. The number of aliphatic hydroxyl groups is 1. The molecule has 2 N–H and O–H groups in total. The highest BCUT2D eigenvalue weighted by Crippen LogP contribution is 2.43. The van der Waals surface area contributed by atoms with Crippen LogP contribution in [0.5, 0.6) is 0 Å². The molecule has 0 radical (unpaired) electrons. The van der Waals surface area contributed by atoms with Gasteiger partial charge in [-0.05, 0) is 32.1 Å². The third-order valence-corrected chi connectivity index (χ3v) is 5.10. The largest absolute Gasteiger partial charge is 0.396 e. The van der Waals surface area contributed by atoms with Crippen molar-refractivity contribution in [1.29, 1.82) is 0 Å². The summed E-state index contributed by atoms with van der Waals surface area (Å²) in [6, 6.07) is 1.06. The van der Waals surface area contributed by atoms with Crippen LogP contribution < -0.4 is 5.32 Å². The Bertz CT molecular complexity index is 267. The van der Waals surface area contributed by atoms with E-state index in [2.05, 4.69) is 26.1 Å². The smallest absolute Gasteiger partial charge is 0.0655 e. The van der Waals surface area contributed by atoms with E-state index >= 15 is 0 Å². The van der Waals surface area contributed by atoms with Crippen molar-refractivity contribution in [2.45, 2.75) is 71.1 Å². The van der Waals surface area contributed by atoms with Gasteiger partial charge in [0.25, 0.3) is 0 Å². The molecule has 3 heteroatoms. The van der Waals surface area contributed by atoms with Gasteiger partial charge in [0.05, 0.1) is 6.10 Å². The van der Waals surface area contributed by atoms with E-state index in [1.807, 2.05) is 0 Å². The minimum atomic E-state index is 0.230. The summed E-state index contributed by atoms with van der Waals surface area (Å²) >= 11 is 0. The molecule has 0 aromatic rings. The molecule has 0 aromatic carbocycles. The molecule has 0 aliphatic heterocycles. The van der Waals surface area contributed by atoms with Gasteiger partial charge in [-0.3, -0.25) is 0 Å². The van der Waals surface area contributed by atoms with Crippen molar-refractivity contribution in [2.24, 2.45) is 11.3 Å². The lowest BCUT2D eigenvalue weighted by molar-refractivity contribution is -0.119. The lowest BCUT2D eigenvalue weighted by Gasteiger charge is -2.53. The number of hydrogen-bond acceptors (Lipinski definition) is 3. The fourth-order valence-corrected chi connectivity index (χ4v) is 3.56. The van der Waals surface area contributed by atoms with Crippen molar-refractivity contribution in [1.82, 2.24) is 5.32 Å². The number of rotatable bonds is 5. The fourth-order valence-electron chi connectivity index (χ4n) is 3.56. The highest BCUT2D eigenvalue weighted by atomic mass is 16.5. The molecule has 2 fully saturated rings. The lowest BCUT2D eigenvalue weighted by atomic mass is 9.63. The molecular weight excluding hydrogens is 226 g/mol. The van der Waals surface area contributed by atoms with Gasteiger partial charge < -0.3 is 15.2 Å². The Balaban J connectivity index is 1.86. The van der Waals surface area contributed by atoms with Crippen molar-refractivity contribution in [3.8, 4) is 0 Å². The first-order chi connectivity index (χ1) is 8.59. The predicted octanol–water partition coefficient (Wildman–Crippen LogP) is 2.33. The fraction of sp³-hybridized carbons (Fsp3) is 1.00. The van der Waals surface area contributed by atoms with Crippen molar-refractivity contribution in [2.75, 3.05) is 13.2 Å². The summed E-state index contributed by atoms with van der Waals surface area (Å²) in [5.41, 5.74) is 0.230. The molecule has 2 saturated carbocycles. The maximum atomic E-state index is 9.47. The molecule has 2 rings (SSSR count). The van der Waals surface area contributed by atoms with Crippen LogP contribution in [0.4, 0.5) is 0 Å². The van der Waals surface area contributed by atoms with E-state index in [4.69, 9.17) is 4.74 Å². The van der Waals surface area contributed by atoms with Crippen LogP contribution in [-0.2, 0) is 4.74 Å². The van der Waals surface area contributed by atoms with Gasteiger partial charge in [-0.1, -0.05) is 26.7 Å². The topological polar surface area (TPSA) is 41.5 Å². The molecule has 0 aromatic heterocycles. The first-order valence-corrected chi connectivity index (χ1v) is 7.58. The first-order valence-electron chi connectivity index (χ1n) is 7.58. The van der Waals surface area contributed by atoms with E-state index in [0.29, 0.717) is 30.7 Å². The minimum Gasteiger partial charge on any atom is -0.396 e. The van der Waals surface area contributed by atoms with Gasteiger partial charge in [0.15, 0.2) is 0 Å². The van der Waals surface area contributed by atoms with Crippen LogP contribution in [0.2, 0.25) is 0 Å². The summed E-state index contributed by atoms with van der Waals surface area (Å²) in [4.78, 5) is 0. The van der Waals surface area contributed by atoms with Gasteiger partial charge in [0.2, 0.25) is 0 Å². The second kappa shape index (κ2) is 5.89. The van der Waals surface area contributed by atoms with E-state index in [-0.39, 0.29) is 5.41 Å². The summed E-state index contributed by atoms with van der Waals surface area (Å²) in [6.07, 6.45) is 6.49. The standard InChI is InChI=1S/C15H29NO2/c1-4-18-14-9-13(15(14,2)3)16-12-8-6-5-7-11(12)10-17/h11-14,16-17H,4-10H2,1-3H3. The van der Waals surface area contributed by atoms with Crippen LogP contribution in [0, 0.1) is 11.3 Å². The second-order valence-corrected chi connectivity index (χ2v) is 6.55. The average molecular weight is 255 g/mol. The normalized spacial score (nSPS) is 39.3. The maximum absolute atomic E-state index is 9.47. The molecule has 0 spiro atoms. The Hall–Kier alpha value is -0.120. The molecule has 4 atom stereocenters. The molecule has 3 nitrogen and oxygen atoms in total. The SMILES string of the molecule is CCOC1CC(NC2CCCCC2CO)C1(C)C. The number of nitrogens with one attached hydrogen (secondary N) is 1. The van der Waals surface area contributed by atoms with E-state index in [0.717, 1.165) is 13.0 Å². The van der Waals surface area contributed by atoms with Gasteiger partial charge in [0, 0.05) is 30.7 Å². The molecule has 106 valence electrons. The molecule has 0 saturated heterocycles. The van der Waals surface area contributed by atoms with Gasteiger partial charge in [-0.2, -0.15) is 0 Å². The van der Waals surface area contributed by atoms with Gasteiger partial charge >= 0.3 is 0 Å². The van der Waals surface area contributed by atoms with Crippen molar-refractivity contribution < 1.29 is 9.84 Å². The van der Waals surface area contributed by atoms with E-state index in [1.54, 1.807) is 0 Å². The summed E-state index contributed by atoms with van der Waals surface area (Å²) < 4.78 is 5.78. The number of ether oxygens (including phenoxy) is 1. The zero-order chi connectivity index (χ0) is 13.2. The zero-order valence-electron chi connectivity index (χ0n) is 12.1. The molecule has 4 unspecified atom stereocenters. The summed E-state index contributed by atoms with van der Waals surface area (Å²) in [5.74, 6) is 0.459.